The summed E-state index contributed by atoms with van der Waals surface area (Å²) in [5, 5.41) is 9.05. The van der Waals surface area contributed by atoms with Gasteiger partial charge < -0.3 is 5.32 Å². The molecule has 0 saturated heterocycles. The van der Waals surface area contributed by atoms with Crippen molar-refractivity contribution >= 4 is 21.6 Å². The summed E-state index contributed by atoms with van der Waals surface area (Å²) in [6, 6.07) is 8.53. The number of hydrogen-bond acceptors (Lipinski definition) is 4. The maximum absolute atomic E-state index is 4.77. The molecule has 0 saturated carbocycles. The zero-order chi connectivity index (χ0) is 15.0. The molecule has 1 atom stereocenters. The number of benzene rings is 1. The number of hydrogen-bond donors (Lipinski definition) is 1. The summed E-state index contributed by atoms with van der Waals surface area (Å²) in [6.45, 7) is 4.20. The van der Waals surface area contributed by atoms with Crippen molar-refractivity contribution in [3.8, 4) is 0 Å². The molecule has 0 amide bonds. The van der Waals surface area contributed by atoms with Crippen LogP contribution < -0.4 is 5.32 Å². The van der Waals surface area contributed by atoms with E-state index in [0.717, 1.165) is 22.6 Å². The molecule has 110 valence electrons. The van der Waals surface area contributed by atoms with Crippen LogP contribution in [-0.2, 0) is 13.5 Å². The number of nitrogens with zero attached hydrogens (tertiary/aromatic N) is 3. The van der Waals surface area contributed by atoms with Gasteiger partial charge in [-0.1, -0.05) is 12.1 Å². The van der Waals surface area contributed by atoms with Gasteiger partial charge in [0.25, 0.3) is 0 Å². The van der Waals surface area contributed by atoms with Gasteiger partial charge in [-0.15, -0.1) is 11.3 Å². The third kappa shape index (κ3) is 2.59. The number of rotatable bonds is 4. The van der Waals surface area contributed by atoms with Crippen LogP contribution in [-0.4, -0.2) is 21.8 Å². The smallest absolute Gasteiger partial charge is 0.111 e. The minimum absolute atomic E-state index is 0.226. The molecule has 4 nitrogen and oxygen atoms in total. The van der Waals surface area contributed by atoms with Gasteiger partial charge in [0.05, 0.1) is 22.0 Å². The average Bonchev–Trinajstić information content (AvgIpc) is 3.00. The van der Waals surface area contributed by atoms with Gasteiger partial charge in [0.15, 0.2) is 0 Å². The van der Waals surface area contributed by atoms with Crippen molar-refractivity contribution < 1.29 is 0 Å². The summed E-state index contributed by atoms with van der Waals surface area (Å²) in [4.78, 5) is 4.77. The van der Waals surface area contributed by atoms with E-state index < -0.39 is 0 Å². The lowest BCUT2D eigenvalue weighted by Gasteiger charge is -2.13. The second-order valence-corrected chi connectivity index (χ2v) is 6.40. The summed E-state index contributed by atoms with van der Waals surface area (Å²) in [7, 11) is 4.00. The van der Waals surface area contributed by atoms with E-state index in [1.165, 1.54) is 16.0 Å². The third-order valence-electron chi connectivity index (χ3n) is 4.02. The predicted molar refractivity (Wildman–Crippen MR) is 87.8 cm³/mol. The molecule has 0 aliphatic carbocycles. The first kappa shape index (κ1) is 14.2. The maximum Gasteiger partial charge on any atom is 0.111 e. The molecule has 0 fully saturated rings. The van der Waals surface area contributed by atoms with E-state index in [1.807, 2.05) is 24.8 Å². The zero-order valence-electron chi connectivity index (χ0n) is 12.8. The normalized spacial score (nSPS) is 13.0. The Morgan fingerprint density at radius 1 is 1.29 bits per heavy atom. The molecule has 5 heteroatoms. The average molecular weight is 300 g/mol. The van der Waals surface area contributed by atoms with E-state index in [0.29, 0.717) is 0 Å². The fourth-order valence-electron chi connectivity index (χ4n) is 2.67. The lowest BCUT2D eigenvalue weighted by molar-refractivity contribution is 0.586. The quantitative estimate of drug-likeness (QED) is 0.805. The lowest BCUT2D eigenvalue weighted by atomic mass is 10.0. The van der Waals surface area contributed by atoms with Gasteiger partial charge in [-0.3, -0.25) is 4.68 Å². The number of para-hydroxylation sites is 1. The molecule has 1 N–H and O–H groups in total. The second kappa shape index (κ2) is 5.58. The molecule has 1 unspecified atom stereocenters. The SMILES string of the molecule is CNC(Cc1c(C)nn(C)c1C)c1nc2ccccc2s1. The van der Waals surface area contributed by atoms with Crippen LogP contribution in [0.15, 0.2) is 24.3 Å². The molecular weight excluding hydrogens is 280 g/mol. The first-order valence-corrected chi connectivity index (χ1v) is 7.93. The standard InChI is InChI=1S/C16H20N4S/c1-10-12(11(2)20(4)19-10)9-14(17-3)16-18-13-7-5-6-8-15(13)21-16/h5-8,14,17H,9H2,1-4H3. The Hall–Kier alpha value is -1.72. The van der Waals surface area contributed by atoms with Crippen molar-refractivity contribution in [3.63, 3.8) is 0 Å². The highest BCUT2D eigenvalue weighted by Gasteiger charge is 2.19. The summed E-state index contributed by atoms with van der Waals surface area (Å²) in [5.41, 5.74) is 4.73. The molecule has 0 spiro atoms. The van der Waals surface area contributed by atoms with Gasteiger partial charge in [0, 0.05) is 12.7 Å². The van der Waals surface area contributed by atoms with Gasteiger partial charge in [-0.05, 0) is 45.0 Å². The molecule has 2 heterocycles. The molecule has 21 heavy (non-hydrogen) atoms. The summed E-state index contributed by atoms with van der Waals surface area (Å²) < 4.78 is 3.20. The van der Waals surface area contributed by atoms with Crippen LogP contribution in [0.5, 0.6) is 0 Å². The topological polar surface area (TPSA) is 42.7 Å². The Morgan fingerprint density at radius 2 is 2.05 bits per heavy atom. The van der Waals surface area contributed by atoms with Crippen LogP contribution in [0.4, 0.5) is 0 Å². The molecular formula is C16H20N4S. The largest absolute Gasteiger partial charge is 0.311 e. The molecule has 3 aromatic rings. The maximum atomic E-state index is 4.77. The summed E-state index contributed by atoms with van der Waals surface area (Å²) >= 11 is 1.77. The van der Waals surface area contributed by atoms with Crippen molar-refractivity contribution in [3.05, 3.63) is 46.2 Å². The molecule has 0 bridgehead atoms. The Morgan fingerprint density at radius 3 is 2.67 bits per heavy atom. The monoisotopic (exact) mass is 300 g/mol. The zero-order valence-corrected chi connectivity index (χ0v) is 13.7. The van der Waals surface area contributed by atoms with E-state index in [9.17, 15) is 0 Å². The van der Waals surface area contributed by atoms with Crippen LogP contribution in [0.25, 0.3) is 10.2 Å². The molecule has 3 rings (SSSR count). The number of aryl methyl sites for hydroxylation is 2. The predicted octanol–water partition coefficient (Wildman–Crippen LogP) is 3.15. The Balaban J connectivity index is 1.94. The minimum Gasteiger partial charge on any atom is -0.311 e. The van der Waals surface area contributed by atoms with Gasteiger partial charge in [0.1, 0.15) is 5.01 Å². The molecule has 0 radical (unpaired) electrons. The van der Waals surface area contributed by atoms with Gasteiger partial charge in [-0.2, -0.15) is 5.10 Å². The third-order valence-corrected chi connectivity index (χ3v) is 5.17. The highest BCUT2D eigenvalue weighted by Crippen LogP contribution is 2.29. The van der Waals surface area contributed by atoms with E-state index in [1.54, 1.807) is 11.3 Å². The van der Waals surface area contributed by atoms with Crippen molar-refractivity contribution in [2.24, 2.45) is 7.05 Å². The number of likely N-dealkylation sites (N-methyl/N-ethyl adjacent to an activating group) is 1. The Bertz CT molecular complexity index is 739. The molecule has 2 aromatic heterocycles. The first-order chi connectivity index (χ1) is 10.1. The van der Waals surface area contributed by atoms with Crippen LogP contribution >= 0.6 is 11.3 Å². The number of thiazole rings is 1. The highest BCUT2D eigenvalue weighted by atomic mass is 32.1. The van der Waals surface area contributed by atoms with Crippen LogP contribution in [0.1, 0.15) is 28.0 Å². The fraction of sp³-hybridized carbons (Fsp3) is 0.375. The Labute approximate surface area is 128 Å². The van der Waals surface area contributed by atoms with Gasteiger partial charge in [-0.25, -0.2) is 4.98 Å². The van der Waals surface area contributed by atoms with Crippen LogP contribution in [0.2, 0.25) is 0 Å². The molecule has 0 aliphatic rings. The van der Waals surface area contributed by atoms with E-state index in [2.05, 4.69) is 42.5 Å². The first-order valence-electron chi connectivity index (χ1n) is 7.12. The summed E-state index contributed by atoms with van der Waals surface area (Å²) in [5.74, 6) is 0. The van der Waals surface area contributed by atoms with E-state index in [-0.39, 0.29) is 6.04 Å². The number of aromatic nitrogens is 3. The van der Waals surface area contributed by atoms with Crippen molar-refractivity contribution in [1.29, 1.82) is 0 Å². The van der Waals surface area contributed by atoms with Crippen molar-refractivity contribution in [2.75, 3.05) is 7.05 Å². The van der Waals surface area contributed by atoms with Gasteiger partial charge in [0.2, 0.25) is 0 Å². The van der Waals surface area contributed by atoms with Gasteiger partial charge >= 0.3 is 0 Å². The molecule has 1 aromatic carbocycles. The number of nitrogens with one attached hydrogen (secondary N) is 1. The fourth-order valence-corrected chi connectivity index (χ4v) is 3.75. The Kier molecular flexibility index (Phi) is 3.78. The van der Waals surface area contributed by atoms with Crippen LogP contribution in [0.3, 0.4) is 0 Å². The summed E-state index contributed by atoms with van der Waals surface area (Å²) in [6.07, 6.45) is 0.918. The van der Waals surface area contributed by atoms with Crippen LogP contribution in [0, 0.1) is 13.8 Å². The highest BCUT2D eigenvalue weighted by molar-refractivity contribution is 7.18. The number of fused-ring (bicyclic) bond motifs is 1. The molecule has 0 aliphatic heterocycles. The van der Waals surface area contributed by atoms with Crippen molar-refractivity contribution in [2.45, 2.75) is 26.3 Å². The van der Waals surface area contributed by atoms with E-state index >= 15 is 0 Å². The van der Waals surface area contributed by atoms with E-state index in [4.69, 9.17) is 4.98 Å². The lowest BCUT2D eigenvalue weighted by Crippen LogP contribution is -2.19. The van der Waals surface area contributed by atoms with Crippen molar-refractivity contribution in [1.82, 2.24) is 20.1 Å². The second-order valence-electron chi connectivity index (χ2n) is 5.34. The minimum atomic E-state index is 0.226.